The van der Waals surface area contributed by atoms with E-state index < -0.39 is 11.9 Å². The van der Waals surface area contributed by atoms with Gasteiger partial charge < -0.3 is 20.5 Å². The van der Waals surface area contributed by atoms with Gasteiger partial charge in [-0.1, -0.05) is 36.0 Å². The SMILES string of the molecule is CCOc1ccccc1NC(=O)CSc1nc2ccc(NC(=O)c3ccccc3C(=O)O)cc2s1. The Kier molecular flexibility index (Phi) is 7.64. The van der Waals surface area contributed by atoms with Crippen LogP contribution in [0.25, 0.3) is 10.2 Å². The summed E-state index contributed by atoms with van der Waals surface area (Å²) >= 11 is 2.72. The molecule has 2 amide bonds. The van der Waals surface area contributed by atoms with Crippen molar-refractivity contribution in [1.82, 2.24) is 4.98 Å². The predicted octanol–water partition coefficient (Wildman–Crippen LogP) is 5.38. The molecule has 0 saturated carbocycles. The van der Waals surface area contributed by atoms with Gasteiger partial charge in [-0.25, -0.2) is 9.78 Å². The zero-order valence-electron chi connectivity index (χ0n) is 18.6. The van der Waals surface area contributed by atoms with Crippen molar-refractivity contribution < 1.29 is 24.2 Å². The molecule has 10 heteroatoms. The Balaban J connectivity index is 1.41. The van der Waals surface area contributed by atoms with Gasteiger partial charge in [-0.15, -0.1) is 11.3 Å². The van der Waals surface area contributed by atoms with Crippen LogP contribution < -0.4 is 15.4 Å². The number of aromatic carboxylic acids is 1. The van der Waals surface area contributed by atoms with Crippen molar-refractivity contribution in [1.29, 1.82) is 0 Å². The lowest BCUT2D eigenvalue weighted by molar-refractivity contribution is -0.113. The van der Waals surface area contributed by atoms with E-state index in [4.69, 9.17) is 4.74 Å². The summed E-state index contributed by atoms with van der Waals surface area (Å²) in [5.41, 5.74) is 1.90. The summed E-state index contributed by atoms with van der Waals surface area (Å²) in [6.07, 6.45) is 0. The summed E-state index contributed by atoms with van der Waals surface area (Å²) in [6.45, 7) is 2.38. The van der Waals surface area contributed by atoms with Gasteiger partial charge in [-0.2, -0.15) is 0 Å². The van der Waals surface area contributed by atoms with Gasteiger partial charge in [0.1, 0.15) is 5.75 Å². The predicted molar refractivity (Wildman–Crippen MR) is 138 cm³/mol. The third kappa shape index (κ3) is 5.97. The van der Waals surface area contributed by atoms with E-state index in [0.29, 0.717) is 28.1 Å². The van der Waals surface area contributed by atoms with Crippen LogP contribution in [0.4, 0.5) is 11.4 Å². The number of nitrogens with zero attached hydrogens (tertiary/aromatic N) is 1. The van der Waals surface area contributed by atoms with Gasteiger partial charge in [0.15, 0.2) is 4.34 Å². The van der Waals surface area contributed by atoms with Crippen molar-refractivity contribution in [3.05, 3.63) is 77.9 Å². The molecule has 1 heterocycles. The third-order valence-electron chi connectivity index (χ3n) is 4.82. The lowest BCUT2D eigenvalue weighted by atomic mass is 10.1. The number of benzene rings is 3. The molecule has 0 aliphatic heterocycles. The van der Waals surface area contributed by atoms with Crippen molar-refractivity contribution in [2.24, 2.45) is 0 Å². The highest BCUT2D eigenvalue weighted by atomic mass is 32.2. The maximum atomic E-state index is 12.6. The molecule has 3 N–H and O–H groups in total. The molecule has 3 aromatic carbocycles. The van der Waals surface area contributed by atoms with Gasteiger partial charge in [-0.05, 0) is 49.4 Å². The number of thiazole rings is 1. The second-order valence-corrected chi connectivity index (χ2v) is 9.49. The number of fused-ring (bicyclic) bond motifs is 1. The number of aromatic nitrogens is 1. The molecule has 0 radical (unpaired) electrons. The summed E-state index contributed by atoms with van der Waals surface area (Å²) in [5.74, 6) is -1.05. The van der Waals surface area contributed by atoms with Gasteiger partial charge in [0.2, 0.25) is 5.91 Å². The second-order valence-electron chi connectivity index (χ2n) is 7.23. The Morgan fingerprint density at radius 1 is 1.00 bits per heavy atom. The smallest absolute Gasteiger partial charge is 0.336 e. The molecule has 0 saturated heterocycles. The molecule has 0 unspecified atom stereocenters. The van der Waals surface area contributed by atoms with Crippen LogP contribution >= 0.6 is 23.1 Å². The van der Waals surface area contributed by atoms with Crippen molar-refractivity contribution in [3.8, 4) is 5.75 Å². The van der Waals surface area contributed by atoms with Crippen LogP contribution in [-0.2, 0) is 4.79 Å². The first-order valence-electron chi connectivity index (χ1n) is 10.6. The molecule has 4 rings (SSSR count). The number of carbonyl (C=O) groups is 3. The average molecular weight is 508 g/mol. The number of thioether (sulfide) groups is 1. The lowest BCUT2D eigenvalue weighted by Gasteiger charge is -2.10. The van der Waals surface area contributed by atoms with E-state index in [1.165, 1.54) is 35.2 Å². The summed E-state index contributed by atoms with van der Waals surface area (Å²) in [7, 11) is 0. The number of hydrogen-bond acceptors (Lipinski definition) is 7. The maximum absolute atomic E-state index is 12.6. The molecule has 0 fully saturated rings. The minimum absolute atomic E-state index is 0.0651. The highest BCUT2D eigenvalue weighted by Crippen LogP contribution is 2.32. The minimum atomic E-state index is -1.17. The normalized spacial score (nSPS) is 10.7. The standard InChI is InChI=1S/C25H21N3O5S2/c1-2-33-20-10-6-5-9-18(20)27-22(29)14-34-25-28-19-12-11-15(13-21(19)35-25)26-23(30)16-7-3-4-8-17(16)24(31)32/h3-13H,2,14H2,1H3,(H,26,30)(H,27,29)(H,31,32). The molecule has 8 nitrogen and oxygen atoms in total. The average Bonchev–Trinajstić information content (AvgIpc) is 3.26. The van der Waals surface area contributed by atoms with Gasteiger partial charge >= 0.3 is 5.97 Å². The van der Waals surface area contributed by atoms with E-state index in [1.54, 1.807) is 42.5 Å². The first-order valence-corrected chi connectivity index (χ1v) is 12.4. The highest BCUT2D eigenvalue weighted by molar-refractivity contribution is 8.01. The number of nitrogens with one attached hydrogen (secondary N) is 2. The van der Waals surface area contributed by atoms with E-state index in [-0.39, 0.29) is 22.8 Å². The van der Waals surface area contributed by atoms with Gasteiger partial charge in [0.05, 0.1) is 39.4 Å². The van der Waals surface area contributed by atoms with Crippen LogP contribution in [0.3, 0.4) is 0 Å². The van der Waals surface area contributed by atoms with E-state index in [2.05, 4.69) is 15.6 Å². The van der Waals surface area contributed by atoms with E-state index in [1.807, 2.05) is 19.1 Å². The molecule has 35 heavy (non-hydrogen) atoms. The fourth-order valence-corrected chi connectivity index (χ4v) is 5.18. The van der Waals surface area contributed by atoms with Crippen molar-refractivity contribution in [2.75, 3.05) is 23.0 Å². The molecule has 0 aliphatic carbocycles. The maximum Gasteiger partial charge on any atom is 0.336 e. The topological polar surface area (TPSA) is 118 Å². The number of hydrogen-bond donors (Lipinski definition) is 3. The first kappa shape index (κ1) is 24.2. The lowest BCUT2D eigenvalue weighted by Crippen LogP contribution is -2.16. The Hall–Kier alpha value is -3.89. The van der Waals surface area contributed by atoms with Crippen LogP contribution in [0.15, 0.2) is 71.1 Å². The Morgan fingerprint density at radius 2 is 1.74 bits per heavy atom. The van der Waals surface area contributed by atoms with Crippen LogP contribution in [0, 0.1) is 0 Å². The zero-order valence-corrected chi connectivity index (χ0v) is 20.2. The molecular weight excluding hydrogens is 486 g/mol. The van der Waals surface area contributed by atoms with Gasteiger partial charge in [0, 0.05) is 5.69 Å². The number of para-hydroxylation sites is 2. The molecule has 1 aromatic heterocycles. The Labute approximate surface area is 209 Å². The fraction of sp³-hybridized carbons (Fsp3) is 0.120. The monoisotopic (exact) mass is 507 g/mol. The van der Waals surface area contributed by atoms with Gasteiger partial charge in [-0.3, -0.25) is 9.59 Å². The molecule has 178 valence electrons. The van der Waals surface area contributed by atoms with Crippen LogP contribution in [0.1, 0.15) is 27.6 Å². The van der Waals surface area contributed by atoms with Crippen molar-refractivity contribution in [3.63, 3.8) is 0 Å². The third-order valence-corrected chi connectivity index (χ3v) is 6.98. The van der Waals surface area contributed by atoms with Crippen LogP contribution in [-0.4, -0.2) is 40.2 Å². The van der Waals surface area contributed by atoms with E-state index in [9.17, 15) is 19.5 Å². The zero-order chi connectivity index (χ0) is 24.8. The largest absolute Gasteiger partial charge is 0.492 e. The number of ether oxygens (including phenoxy) is 1. The van der Waals surface area contributed by atoms with Crippen LogP contribution in [0.2, 0.25) is 0 Å². The second kappa shape index (κ2) is 11.0. The van der Waals surface area contributed by atoms with Crippen molar-refractivity contribution >= 4 is 62.5 Å². The molecule has 0 bridgehead atoms. The Morgan fingerprint density at radius 3 is 2.51 bits per heavy atom. The minimum Gasteiger partial charge on any atom is -0.492 e. The Bertz CT molecular complexity index is 1400. The molecule has 4 aromatic rings. The number of carbonyl (C=O) groups excluding carboxylic acids is 2. The fourth-order valence-electron chi connectivity index (χ4n) is 3.27. The summed E-state index contributed by atoms with van der Waals surface area (Å²) in [6, 6.07) is 18.6. The number of rotatable bonds is 9. The summed E-state index contributed by atoms with van der Waals surface area (Å²) < 4.78 is 7.08. The molecular formula is C25H21N3O5S2. The summed E-state index contributed by atoms with van der Waals surface area (Å²) in [4.78, 5) is 41.0. The van der Waals surface area contributed by atoms with E-state index in [0.717, 1.165) is 10.2 Å². The summed E-state index contributed by atoms with van der Waals surface area (Å²) in [5, 5.41) is 14.9. The molecule has 0 atom stereocenters. The number of anilines is 2. The van der Waals surface area contributed by atoms with Crippen molar-refractivity contribution in [2.45, 2.75) is 11.3 Å². The first-order chi connectivity index (χ1) is 16.9. The number of carboxylic acids is 1. The van der Waals surface area contributed by atoms with E-state index >= 15 is 0 Å². The van der Waals surface area contributed by atoms with Gasteiger partial charge in [0.25, 0.3) is 5.91 Å². The number of carboxylic acid groups (broad SMARTS) is 1. The number of amides is 2. The quantitative estimate of drug-likeness (QED) is 0.261. The highest BCUT2D eigenvalue weighted by Gasteiger charge is 2.16. The van der Waals surface area contributed by atoms with Crippen LogP contribution in [0.5, 0.6) is 5.75 Å². The molecule has 0 spiro atoms. The molecule has 0 aliphatic rings.